The molecule has 0 bridgehead atoms. The van der Waals surface area contributed by atoms with Crippen LogP contribution in [-0.2, 0) is 16.0 Å². The molecule has 0 unspecified atom stereocenters. The second-order valence-corrected chi connectivity index (χ2v) is 8.91. The molecule has 0 aromatic carbocycles. The predicted octanol–water partition coefficient (Wildman–Crippen LogP) is 2.35. The Kier molecular flexibility index (Phi) is 5.76. The minimum absolute atomic E-state index is 0.0839. The minimum atomic E-state index is 0.0839. The van der Waals surface area contributed by atoms with E-state index in [4.69, 9.17) is 4.42 Å². The van der Waals surface area contributed by atoms with E-state index in [-0.39, 0.29) is 17.7 Å². The third-order valence-electron chi connectivity index (χ3n) is 6.75. The molecule has 1 aliphatic carbocycles. The summed E-state index contributed by atoms with van der Waals surface area (Å²) < 4.78 is 5.91. The Labute approximate surface area is 167 Å². The number of carbonyl (C=O) groups excluding carboxylic acids is 2. The number of piperazine rings is 1. The van der Waals surface area contributed by atoms with Gasteiger partial charge >= 0.3 is 0 Å². The van der Waals surface area contributed by atoms with Crippen molar-refractivity contribution in [1.82, 2.24) is 14.7 Å². The molecule has 1 aromatic heterocycles. The summed E-state index contributed by atoms with van der Waals surface area (Å²) in [6.07, 6.45) is 3.96. The molecule has 154 valence electrons. The number of hydrogen-bond donors (Lipinski definition) is 0. The molecule has 3 fully saturated rings. The molecule has 6 heteroatoms. The standard InChI is InChI=1S/C22H33N3O3/c1-16-15-19(16)20-5-3-18(28-20)4-6-21(26)24-9-7-17(8-10-24)22(27)25-13-11-23(2)12-14-25/h3,5,16-17,19H,4,6-15H2,1-2H3/t16-,19+/m1/s1. The van der Waals surface area contributed by atoms with Crippen LogP contribution in [0.5, 0.6) is 0 Å². The second kappa shape index (κ2) is 8.27. The number of hydrogen-bond acceptors (Lipinski definition) is 4. The summed E-state index contributed by atoms with van der Waals surface area (Å²) in [4.78, 5) is 31.5. The Balaban J connectivity index is 1.19. The zero-order valence-corrected chi connectivity index (χ0v) is 17.2. The molecule has 1 aromatic rings. The topological polar surface area (TPSA) is 57.0 Å². The van der Waals surface area contributed by atoms with Crippen molar-refractivity contribution in [1.29, 1.82) is 0 Å². The van der Waals surface area contributed by atoms with Crippen LogP contribution < -0.4 is 0 Å². The molecular formula is C22H33N3O3. The van der Waals surface area contributed by atoms with Crippen LogP contribution >= 0.6 is 0 Å². The third kappa shape index (κ3) is 4.43. The van der Waals surface area contributed by atoms with E-state index in [9.17, 15) is 9.59 Å². The van der Waals surface area contributed by atoms with Gasteiger partial charge in [-0.1, -0.05) is 6.92 Å². The molecule has 28 heavy (non-hydrogen) atoms. The van der Waals surface area contributed by atoms with Crippen molar-refractivity contribution in [2.24, 2.45) is 11.8 Å². The number of carbonyl (C=O) groups is 2. The lowest BCUT2D eigenvalue weighted by atomic mass is 9.94. The number of amides is 2. The van der Waals surface area contributed by atoms with Crippen LogP contribution in [0.2, 0.25) is 0 Å². The van der Waals surface area contributed by atoms with E-state index in [2.05, 4.69) is 24.9 Å². The van der Waals surface area contributed by atoms with Crippen LogP contribution in [0.4, 0.5) is 0 Å². The average Bonchev–Trinajstić information content (AvgIpc) is 3.26. The fourth-order valence-corrected chi connectivity index (χ4v) is 4.50. The van der Waals surface area contributed by atoms with Gasteiger partial charge in [0.2, 0.25) is 11.8 Å². The summed E-state index contributed by atoms with van der Waals surface area (Å²) in [5.74, 6) is 3.87. The van der Waals surface area contributed by atoms with Gasteiger partial charge in [-0.25, -0.2) is 0 Å². The van der Waals surface area contributed by atoms with Crippen LogP contribution in [0.1, 0.15) is 50.0 Å². The van der Waals surface area contributed by atoms with Gasteiger partial charge in [-0.2, -0.15) is 0 Å². The zero-order valence-electron chi connectivity index (χ0n) is 17.2. The summed E-state index contributed by atoms with van der Waals surface area (Å²) in [5, 5.41) is 0. The predicted molar refractivity (Wildman–Crippen MR) is 107 cm³/mol. The Bertz CT molecular complexity index is 700. The van der Waals surface area contributed by atoms with Crippen LogP contribution in [-0.4, -0.2) is 72.8 Å². The highest BCUT2D eigenvalue weighted by Gasteiger charge is 2.36. The van der Waals surface area contributed by atoms with E-state index in [0.29, 0.717) is 31.8 Å². The number of rotatable bonds is 5. The number of piperidine rings is 1. The van der Waals surface area contributed by atoms with E-state index in [1.165, 1.54) is 6.42 Å². The van der Waals surface area contributed by atoms with Gasteiger partial charge < -0.3 is 19.1 Å². The van der Waals surface area contributed by atoms with Crippen molar-refractivity contribution in [3.63, 3.8) is 0 Å². The first kappa shape index (κ1) is 19.5. The van der Waals surface area contributed by atoms with E-state index in [0.717, 1.165) is 56.5 Å². The Morgan fingerprint density at radius 3 is 2.36 bits per heavy atom. The lowest BCUT2D eigenvalue weighted by Gasteiger charge is -2.37. The van der Waals surface area contributed by atoms with Gasteiger partial charge in [-0.05, 0) is 44.4 Å². The molecule has 4 rings (SSSR count). The SMILES string of the molecule is C[C@@H]1C[C@@H]1c1ccc(CCC(=O)N2CCC(C(=O)N3CCN(C)CC3)CC2)o1. The van der Waals surface area contributed by atoms with Crippen molar-refractivity contribution >= 4 is 11.8 Å². The lowest BCUT2D eigenvalue weighted by Crippen LogP contribution is -2.51. The van der Waals surface area contributed by atoms with Gasteiger partial charge in [-0.15, -0.1) is 0 Å². The first-order chi connectivity index (χ1) is 13.5. The van der Waals surface area contributed by atoms with Gasteiger partial charge in [0.25, 0.3) is 0 Å². The van der Waals surface area contributed by atoms with Crippen molar-refractivity contribution < 1.29 is 14.0 Å². The first-order valence-corrected chi connectivity index (χ1v) is 10.8. The number of nitrogens with zero attached hydrogens (tertiary/aromatic N) is 3. The Hall–Kier alpha value is -1.82. The monoisotopic (exact) mass is 387 g/mol. The van der Waals surface area contributed by atoms with E-state index in [1.807, 2.05) is 15.9 Å². The summed E-state index contributed by atoms with van der Waals surface area (Å²) in [7, 11) is 2.10. The molecule has 2 aliphatic heterocycles. The molecule has 3 heterocycles. The van der Waals surface area contributed by atoms with Crippen LogP contribution in [0.15, 0.2) is 16.5 Å². The van der Waals surface area contributed by atoms with Crippen LogP contribution in [0.25, 0.3) is 0 Å². The summed E-state index contributed by atoms with van der Waals surface area (Å²) in [6.45, 7) is 7.22. The normalized spacial score (nSPS) is 26.5. The van der Waals surface area contributed by atoms with E-state index < -0.39 is 0 Å². The second-order valence-electron chi connectivity index (χ2n) is 8.91. The maximum Gasteiger partial charge on any atom is 0.225 e. The highest BCUT2D eigenvalue weighted by Crippen LogP contribution is 2.47. The smallest absolute Gasteiger partial charge is 0.225 e. The van der Waals surface area contributed by atoms with Crippen LogP contribution in [0.3, 0.4) is 0 Å². The Morgan fingerprint density at radius 1 is 1.04 bits per heavy atom. The van der Waals surface area contributed by atoms with Gasteiger partial charge in [-0.3, -0.25) is 9.59 Å². The van der Waals surface area contributed by atoms with Gasteiger partial charge in [0, 0.05) is 63.9 Å². The summed E-state index contributed by atoms with van der Waals surface area (Å²) in [5.41, 5.74) is 0. The molecular weight excluding hydrogens is 354 g/mol. The van der Waals surface area contributed by atoms with Crippen molar-refractivity contribution in [2.75, 3.05) is 46.3 Å². The fraction of sp³-hybridized carbons (Fsp3) is 0.727. The largest absolute Gasteiger partial charge is 0.466 e. The molecule has 2 amide bonds. The van der Waals surface area contributed by atoms with Crippen molar-refractivity contribution in [3.8, 4) is 0 Å². The molecule has 2 atom stereocenters. The fourth-order valence-electron chi connectivity index (χ4n) is 4.50. The lowest BCUT2D eigenvalue weighted by molar-refractivity contribution is -0.141. The molecule has 0 N–H and O–H groups in total. The van der Waals surface area contributed by atoms with E-state index in [1.54, 1.807) is 0 Å². The molecule has 0 spiro atoms. The van der Waals surface area contributed by atoms with E-state index >= 15 is 0 Å². The van der Waals surface area contributed by atoms with Gasteiger partial charge in [0.1, 0.15) is 11.5 Å². The molecule has 1 saturated carbocycles. The van der Waals surface area contributed by atoms with Gasteiger partial charge in [0.15, 0.2) is 0 Å². The van der Waals surface area contributed by atoms with Crippen molar-refractivity contribution in [2.45, 2.75) is 44.9 Å². The molecule has 2 saturated heterocycles. The highest BCUT2D eigenvalue weighted by atomic mass is 16.3. The number of likely N-dealkylation sites (tertiary alicyclic amines) is 1. The maximum absolute atomic E-state index is 12.7. The Morgan fingerprint density at radius 2 is 1.71 bits per heavy atom. The third-order valence-corrected chi connectivity index (χ3v) is 6.75. The summed E-state index contributed by atoms with van der Waals surface area (Å²) >= 11 is 0. The highest BCUT2D eigenvalue weighted by molar-refractivity contribution is 5.80. The maximum atomic E-state index is 12.7. The molecule has 0 radical (unpaired) electrons. The zero-order chi connectivity index (χ0) is 19.7. The molecule has 3 aliphatic rings. The van der Waals surface area contributed by atoms with Crippen molar-refractivity contribution in [3.05, 3.63) is 23.7 Å². The van der Waals surface area contributed by atoms with Crippen LogP contribution in [0, 0.1) is 11.8 Å². The molecule has 6 nitrogen and oxygen atoms in total. The number of likely N-dealkylation sites (N-methyl/N-ethyl adjacent to an activating group) is 1. The van der Waals surface area contributed by atoms with Gasteiger partial charge in [0.05, 0.1) is 0 Å². The number of aryl methyl sites for hydroxylation is 1. The first-order valence-electron chi connectivity index (χ1n) is 10.8. The number of furan rings is 1. The quantitative estimate of drug-likeness (QED) is 0.778. The minimum Gasteiger partial charge on any atom is -0.466 e. The summed E-state index contributed by atoms with van der Waals surface area (Å²) in [6, 6.07) is 4.10. The average molecular weight is 388 g/mol.